The van der Waals surface area contributed by atoms with Gasteiger partial charge in [0.2, 0.25) is 0 Å². The van der Waals surface area contributed by atoms with E-state index in [0.29, 0.717) is 11.8 Å². The monoisotopic (exact) mass is 1170 g/mol. The molecule has 442 valence electrons. The first-order chi connectivity index (χ1) is 43.9. The van der Waals surface area contributed by atoms with Crippen LogP contribution in [0.5, 0.6) is 0 Å². The van der Waals surface area contributed by atoms with Gasteiger partial charge in [-0.1, -0.05) is 226 Å². The van der Waals surface area contributed by atoms with E-state index in [9.17, 15) is 0 Å². The molecular formula is C86H78N4. The molecule has 2 aliphatic carbocycles. The van der Waals surface area contributed by atoms with Gasteiger partial charge in [-0.2, -0.15) is 0 Å². The fourth-order valence-corrected chi connectivity index (χ4v) is 16.4. The van der Waals surface area contributed by atoms with Crippen molar-refractivity contribution in [3.05, 3.63) is 253 Å². The van der Waals surface area contributed by atoms with Crippen molar-refractivity contribution in [2.24, 2.45) is 0 Å². The zero-order valence-electron chi connectivity index (χ0n) is 53.0. The van der Waals surface area contributed by atoms with Gasteiger partial charge >= 0.3 is 0 Å². The maximum absolute atomic E-state index is 2.60. The summed E-state index contributed by atoms with van der Waals surface area (Å²) < 4.78 is 5.21. The third-order valence-electron chi connectivity index (χ3n) is 21.1. The van der Waals surface area contributed by atoms with Gasteiger partial charge in [0.1, 0.15) is 0 Å². The van der Waals surface area contributed by atoms with Gasteiger partial charge in [0.15, 0.2) is 0 Å². The Morgan fingerprint density at radius 2 is 0.678 bits per heavy atom. The molecule has 2 aliphatic rings. The molecule has 17 rings (SSSR count). The number of anilines is 6. The van der Waals surface area contributed by atoms with E-state index < -0.39 is 0 Å². The van der Waals surface area contributed by atoms with E-state index in [0.717, 1.165) is 0 Å². The van der Waals surface area contributed by atoms with Gasteiger partial charge in [0.25, 0.3) is 0 Å². The van der Waals surface area contributed by atoms with Crippen molar-refractivity contribution >= 4 is 110 Å². The van der Waals surface area contributed by atoms with E-state index >= 15 is 0 Å². The van der Waals surface area contributed by atoms with Gasteiger partial charge in [0, 0.05) is 65.6 Å². The van der Waals surface area contributed by atoms with E-state index in [1.807, 2.05) is 0 Å². The quantitative estimate of drug-likeness (QED) is 0.136. The molecule has 0 aliphatic heterocycles. The zero-order chi connectivity index (χ0) is 60.6. The number of benzene rings is 11. The number of rotatable bonds is 10. The van der Waals surface area contributed by atoms with Gasteiger partial charge in [0.05, 0.1) is 55.8 Å². The Bertz CT molecular complexity index is 4860. The van der Waals surface area contributed by atoms with Crippen LogP contribution < -0.4 is 9.80 Å². The minimum absolute atomic E-state index is 0.0320. The van der Waals surface area contributed by atoms with E-state index in [1.54, 1.807) is 0 Å². The maximum atomic E-state index is 2.60. The average molecular weight is 1170 g/mol. The molecule has 0 spiro atoms. The fraction of sp³-hybridized carbons (Fsp3) is 0.233. The van der Waals surface area contributed by atoms with E-state index in [-0.39, 0.29) is 10.8 Å². The molecule has 0 unspecified atom stereocenters. The number of aromatic nitrogens is 2. The van der Waals surface area contributed by atoms with Gasteiger partial charge < -0.3 is 18.6 Å². The molecule has 4 nitrogen and oxygen atoms in total. The molecule has 15 aromatic rings. The second-order valence-corrected chi connectivity index (χ2v) is 28.5. The number of fused-ring (bicyclic) bond motifs is 12. The number of nitrogens with zero attached hydrogens (tertiary/aromatic N) is 4. The lowest BCUT2D eigenvalue weighted by Crippen LogP contribution is -2.15. The highest BCUT2D eigenvalue weighted by molar-refractivity contribution is 6.32. The van der Waals surface area contributed by atoms with Crippen LogP contribution in [0, 0.1) is 0 Å². The molecule has 0 atom stereocenters. The molecule has 0 bridgehead atoms. The van der Waals surface area contributed by atoms with Crippen molar-refractivity contribution in [1.29, 1.82) is 0 Å². The average Bonchev–Trinajstić information content (AvgIpc) is 1.59. The number of hydrogen-bond acceptors (Lipinski definition) is 2. The highest BCUT2D eigenvalue weighted by Crippen LogP contribution is 2.54. The lowest BCUT2D eigenvalue weighted by Gasteiger charge is -2.31. The lowest BCUT2D eigenvalue weighted by molar-refractivity contribution is 0.443. The summed E-state index contributed by atoms with van der Waals surface area (Å²) >= 11 is 0. The summed E-state index contributed by atoms with van der Waals surface area (Å²) in [5.41, 5.74) is 24.9. The van der Waals surface area contributed by atoms with Crippen LogP contribution >= 0.6 is 0 Å². The van der Waals surface area contributed by atoms with E-state index in [1.165, 1.54) is 219 Å². The van der Waals surface area contributed by atoms with Crippen LogP contribution in [-0.4, -0.2) is 8.80 Å². The smallest absolute Gasteiger partial charge is 0.0641 e. The van der Waals surface area contributed by atoms with Crippen molar-refractivity contribution in [2.75, 3.05) is 9.80 Å². The first kappa shape index (κ1) is 54.7. The van der Waals surface area contributed by atoms with Crippen molar-refractivity contribution < 1.29 is 0 Å². The SMILES string of the molecule is CC(C)(C)c1ccc(N(c2ccc(C3CCCCC3)cc2)c2ccc3c4cc5c(cc4n4c6ccccc6c2c34)c2ccc(N(c3ccc(C4CCCCC4)cc3)c3ccc(C(C)(C)C)cc3-c3ccccc3)c3c4ccccc4n5c23)c(-c2ccccc2)c1. The molecule has 90 heavy (non-hydrogen) atoms. The maximum Gasteiger partial charge on any atom is 0.0641 e. The second-order valence-electron chi connectivity index (χ2n) is 28.5. The van der Waals surface area contributed by atoms with Crippen LogP contribution in [-0.2, 0) is 10.8 Å². The van der Waals surface area contributed by atoms with Crippen LogP contribution in [0.25, 0.3) is 98.4 Å². The van der Waals surface area contributed by atoms with E-state index in [2.05, 4.69) is 291 Å². The molecule has 0 saturated heterocycles. The summed E-state index contributed by atoms with van der Waals surface area (Å²) in [5.74, 6) is 1.24. The molecule has 0 amide bonds. The zero-order valence-corrected chi connectivity index (χ0v) is 53.0. The summed E-state index contributed by atoms with van der Waals surface area (Å²) in [7, 11) is 0. The Morgan fingerprint density at radius 3 is 1.07 bits per heavy atom. The highest BCUT2D eigenvalue weighted by Gasteiger charge is 2.31. The Hall–Kier alpha value is -9.38. The van der Waals surface area contributed by atoms with Crippen LogP contribution in [0.3, 0.4) is 0 Å². The highest BCUT2D eigenvalue weighted by atomic mass is 15.2. The van der Waals surface area contributed by atoms with Crippen LogP contribution in [0.1, 0.15) is 140 Å². The summed E-state index contributed by atoms with van der Waals surface area (Å²) in [4.78, 5) is 5.18. The van der Waals surface area contributed by atoms with Gasteiger partial charge in [-0.15, -0.1) is 0 Å². The predicted octanol–water partition coefficient (Wildman–Crippen LogP) is 25.0. The molecule has 2 saturated carbocycles. The van der Waals surface area contributed by atoms with Crippen molar-refractivity contribution in [3.63, 3.8) is 0 Å². The Balaban J connectivity index is 0.904. The Morgan fingerprint density at radius 1 is 0.311 bits per heavy atom. The molecular weight excluding hydrogens is 1090 g/mol. The summed E-state index contributed by atoms with van der Waals surface area (Å²) in [6.45, 7) is 14.0. The summed E-state index contributed by atoms with van der Waals surface area (Å²) in [6.07, 6.45) is 13.1. The Kier molecular flexibility index (Phi) is 12.9. The molecule has 2 fully saturated rings. The van der Waals surface area contributed by atoms with Crippen LogP contribution in [0.4, 0.5) is 34.1 Å². The molecule has 4 aromatic heterocycles. The minimum Gasteiger partial charge on any atom is -0.309 e. The van der Waals surface area contributed by atoms with Crippen LogP contribution in [0.15, 0.2) is 231 Å². The molecule has 0 radical (unpaired) electrons. The van der Waals surface area contributed by atoms with Gasteiger partial charge in [-0.3, -0.25) is 0 Å². The standard InChI is InChI=1S/C86H78N4/c1-85(2,3)61-39-47-75(69(51-61)59-27-15-9-16-28-59)87(63-41-35-57(36-42-63)55-23-11-7-12-24-55)77-49-45-65-71-53-80-72(54-79(71)89-73-33-21-19-31-67(73)81(77)83(65)89)66-46-50-78(82-68-32-20-22-34-74(68)90(80)84(66)82)88(64-43-37-58(38-44-64)56-25-13-8-14-26-56)76-48-40-62(86(4,5)6)52-70(76)60-29-17-10-18-30-60/h9-10,15-22,27-56H,7-8,11-14,23-26H2,1-6H3. The van der Waals surface area contributed by atoms with Crippen molar-refractivity contribution in [1.82, 2.24) is 8.80 Å². The minimum atomic E-state index is -0.0320. The molecule has 11 aromatic carbocycles. The lowest BCUT2D eigenvalue weighted by atomic mass is 9.84. The normalized spacial score (nSPS) is 14.9. The summed E-state index contributed by atoms with van der Waals surface area (Å²) in [5, 5.41) is 10.1. The Labute approximate surface area is 529 Å². The number of hydrogen-bond donors (Lipinski definition) is 0. The molecule has 4 heteroatoms. The second kappa shape index (κ2) is 21.1. The third kappa shape index (κ3) is 8.75. The van der Waals surface area contributed by atoms with Crippen molar-refractivity contribution in [3.8, 4) is 22.3 Å². The first-order valence-corrected chi connectivity index (χ1v) is 33.5. The topological polar surface area (TPSA) is 15.3 Å². The summed E-state index contributed by atoms with van der Waals surface area (Å²) in [6, 6.07) is 89.2. The predicted molar refractivity (Wildman–Crippen MR) is 385 cm³/mol. The van der Waals surface area contributed by atoms with Crippen molar-refractivity contribution in [2.45, 2.75) is 128 Å². The third-order valence-corrected chi connectivity index (χ3v) is 21.1. The molecule has 0 N–H and O–H groups in total. The first-order valence-electron chi connectivity index (χ1n) is 33.5. The van der Waals surface area contributed by atoms with Gasteiger partial charge in [-0.05, 0) is 167 Å². The largest absolute Gasteiger partial charge is 0.309 e. The van der Waals surface area contributed by atoms with Crippen LogP contribution in [0.2, 0.25) is 0 Å². The van der Waals surface area contributed by atoms with E-state index in [4.69, 9.17) is 0 Å². The fourth-order valence-electron chi connectivity index (χ4n) is 16.4. The molecule has 4 heterocycles. The number of para-hydroxylation sites is 2. The van der Waals surface area contributed by atoms with Gasteiger partial charge in [-0.25, -0.2) is 0 Å².